The molecule has 0 spiro atoms. The summed E-state index contributed by atoms with van der Waals surface area (Å²) < 4.78 is 0. The summed E-state index contributed by atoms with van der Waals surface area (Å²) in [4.78, 5) is 24.8. The van der Waals surface area contributed by atoms with Crippen LogP contribution in [0.25, 0.3) is 0 Å². The number of nitrogens with zero attached hydrogens (tertiary/aromatic N) is 1. The van der Waals surface area contributed by atoms with Gasteiger partial charge in [-0.05, 0) is 5.56 Å². The molecule has 0 unspecified atom stereocenters. The minimum Gasteiger partial charge on any atom is -0.353 e. The number of nitrogens with one attached hydrogen (secondary N) is 1. The van der Waals surface area contributed by atoms with Gasteiger partial charge >= 0.3 is 0 Å². The van der Waals surface area contributed by atoms with Gasteiger partial charge in [-0.2, -0.15) is 0 Å². The van der Waals surface area contributed by atoms with E-state index in [1.807, 2.05) is 30.3 Å². The molecule has 0 aliphatic carbocycles. The predicted octanol–water partition coefficient (Wildman–Crippen LogP) is -0.355. The number of amides is 2. The smallest absolute Gasteiger partial charge is 0.244 e. The largest absolute Gasteiger partial charge is 0.353 e. The first-order valence-electron chi connectivity index (χ1n) is 5.54. The Morgan fingerprint density at radius 1 is 1.35 bits per heavy atom. The Morgan fingerprint density at radius 2 is 2.06 bits per heavy atom. The lowest BCUT2D eigenvalue weighted by atomic mass is 10.1. The average molecular weight is 233 g/mol. The SMILES string of the molecule is N[C@@H](C(=O)N1CCNC(=O)C1)c1ccccc1. The first-order valence-corrected chi connectivity index (χ1v) is 5.54. The molecule has 1 saturated heterocycles. The third kappa shape index (κ3) is 2.62. The van der Waals surface area contributed by atoms with Gasteiger partial charge in [0.2, 0.25) is 11.8 Å². The molecule has 1 atom stereocenters. The number of rotatable bonds is 2. The number of carbonyl (C=O) groups excluding carboxylic acids is 2. The number of hydrogen-bond donors (Lipinski definition) is 2. The Balaban J connectivity index is 2.07. The predicted molar refractivity (Wildman–Crippen MR) is 63.0 cm³/mol. The van der Waals surface area contributed by atoms with Crippen molar-refractivity contribution >= 4 is 11.8 Å². The van der Waals surface area contributed by atoms with Crippen molar-refractivity contribution in [2.45, 2.75) is 6.04 Å². The second kappa shape index (κ2) is 4.97. The number of piperazine rings is 1. The van der Waals surface area contributed by atoms with E-state index in [4.69, 9.17) is 5.73 Å². The van der Waals surface area contributed by atoms with Gasteiger partial charge in [-0.15, -0.1) is 0 Å². The molecule has 0 aromatic heterocycles. The maximum Gasteiger partial charge on any atom is 0.244 e. The van der Waals surface area contributed by atoms with Crippen molar-refractivity contribution in [1.82, 2.24) is 10.2 Å². The molecule has 0 bridgehead atoms. The number of benzene rings is 1. The zero-order chi connectivity index (χ0) is 12.3. The van der Waals surface area contributed by atoms with Gasteiger partial charge in [-0.3, -0.25) is 9.59 Å². The van der Waals surface area contributed by atoms with Crippen LogP contribution in [0.1, 0.15) is 11.6 Å². The van der Waals surface area contributed by atoms with Crippen LogP contribution in [0.4, 0.5) is 0 Å². The van der Waals surface area contributed by atoms with E-state index in [1.54, 1.807) is 0 Å². The van der Waals surface area contributed by atoms with Gasteiger partial charge in [0.15, 0.2) is 0 Å². The van der Waals surface area contributed by atoms with E-state index in [0.717, 1.165) is 5.56 Å². The summed E-state index contributed by atoms with van der Waals surface area (Å²) in [6.45, 7) is 1.11. The van der Waals surface area contributed by atoms with Crippen LogP contribution in [0.3, 0.4) is 0 Å². The van der Waals surface area contributed by atoms with Crippen molar-refractivity contribution < 1.29 is 9.59 Å². The summed E-state index contributed by atoms with van der Waals surface area (Å²) >= 11 is 0. The first-order chi connectivity index (χ1) is 8.18. The molecule has 1 aliphatic rings. The molecule has 2 rings (SSSR count). The molecule has 1 fully saturated rings. The van der Waals surface area contributed by atoms with Crippen molar-refractivity contribution in [2.75, 3.05) is 19.6 Å². The highest BCUT2D eigenvalue weighted by Crippen LogP contribution is 2.13. The molecule has 2 amide bonds. The van der Waals surface area contributed by atoms with Crippen molar-refractivity contribution in [3.63, 3.8) is 0 Å². The first kappa shape index (κ1) is 11.6. The summed E-state index contributed by atoms with van der Waals surface area (Å²) in [5, 5.41) is 2.67. The Labute approximate surface area is 99.6 Å². The maximum absolute atomic E-state index is 12.1. The standard InChI is InChI=1S/C12H15N3O2/c13-11(9-4-2-1-3-5-9)12(17)15-7-6-14-10(16)8-15/h1-5,11H,6-8,13H2,(H,14,16)/t11-/m1/s1. The molecule has 5 heteroatoms. The quantitative estimate of drug-likeness (QED) is 0.732. The molecule has 1 heterocycles. The molecule has 90 valence electrons. The van der Waals surface area contributed by atoms with Crippen LogP contribution in [-0.2, 0) is 9.59 Å². The van der Waals surface area contributed by atoms with E-state index in [1.165, 1.54) is 4.90 Å². The van der Waals surface area contributed by atoms with Gasteiger partial charge < -0.3 is 16.0 Å². The highest BCUT2D eigenvalue weighted by Gasteiger charge is 2.26. The summed E-state index contributed by atoms with van der Waals surface area (Å²) in [6.07, 6.45) is 0. The fourth-order valence-electron chi connectivity index (χ4n) is 1.83. The number of hydrogen-bond acceptors (Lipinski definition) is 3. The third-order valence-electron chi connectivity index (χ3n) is 2.77. The number of nitrogens with two attached hydrogens (primary N) is 1. The van der Waals surface area contributed by atoms with E-state index in [-0.39, 0.29) is 18.4 Å². The van der Waals surface area contributed by atoms with Crippen LogP contribution in [0.15, 0.2) is 30.3 Å². The monoisotopic (exact) mass is 233 g/mol. The number of carbonyl (C=O) groups is 2. The summed E-state index contributed by atoms with van der Waals surface area (Å²) in [7, 11) is 0. The van der Waals surface area contributed by atoms with Crippen molar-refractivity contribution in [3.05, 3.63) is 35.9 Å². The average Bonchev–Trinajstić information content (AvgIpc) is 2.38. The van der Waals surface area contributed by atoms with Crippen LogP contribution < -0.4 is 11.1 Å². The van der Waals surface area contributed by atoms with Gasteiger partial charge in [0.05, 0.1) is 6.54 Å². The third-order valence-corrected chi connectivity index (χ3v) is 2.77. The van der Waals surface area contributed by atoms with E-state index in [9.17, 15) is 9.59 Å². The van der Waals surface area contributed by atoms with Crippen LogP contribution in [0.2, 0.25) is 0 Å². The molecule has 1 aliphatic heterocycles. The summed E-state index contributed by atoms with van der Waals surface area (Å²) in [5.74, 6) is -0.337. The molecule has 17 heavy (non-hydrogen) atoms. The Hall–Kier alpha value is -1.88. The van der Waals surface area contributed by atoms with Gasteiger partial charge in [0, 0.05) is 13.1 Å². The van der Waals surface area contributed by atoms with Crippen LogP contribution in [0, 0.1) is 0 Å². The molecular formula is C12H15N3O2. The highest BCUT2D eigenvalue weighted by molar-refractivity contribution is 5.89. The van der Waals surface area contributed by atoms with Crippen molar-refractivity contribution in [2.24, 2.45) is 5.73 Å². The zero-order valence-electron chi connectivity index (χ0n) is 9.43. The molecule has 5 nitrogen and oxygen atoms in total. The topological polar surface area (TPSA) is 75.4 Å². The molecule has 1 aromatic carbocycles. The summed E-state index contributed by atoms with van der Waals surface area (Å²) in [5.41, 5.74) is 6.66. The summed E-state index contributed by atoms with van der Waals surface area (Å²) in [6, 6.07) is 8.48. The molecule has 0 radical (unpaired) electrons. The van der Waals surface area contributed by atoms with E-state index < -0.39 is 6.04 Å². The highest BCUT2D eigenvalue weighted by atomic mass is 16.2. The van der Waals surface area contributed by atoms with Crippen molar-refractivity contribution in [1.29, 1.82) is 0 Å². The second-order valence-corrected chi connectivity index (χ2v) is 4.00. The Bertz CT molecular complexity index is 419. The van der Waals surface area contributed by atoms with Crippen molar-refractivity contribution in [3.8, 4) is 0 Å². The van der Waals surface area contributed by atoms with Gasteiger partial charge in [-0.25, -0.2) is 0 Å². The fraction of sp³-hybridized carbons (Fsp3) is 0.333. The minimum atomic E-state index is -0.693. The molecule has 1 aromatic rings. The zero-order valence-corrected chi connectivity index (χ0v) is 9.43. The lowest BCUT2D eigenvalue weighted by Crippen LogP contribution is -2.52. The molecule has 3 N–H and O–H groups in total. The van der Waals surface area contributed by atoms with Crippen LogP contribution in [0.5, 0.6) is 0 Å². The maximum atomic E-state index is 12.1. The normalized spacial score (nSPS) is 17.5. The lowest BCUT2D eigenvalue weighted by Gasteiger charge is -2.29. The van der Waals surface area contributed by atoms with Gasteiger partial charge in [-0.1, -0.05) is 30.3 Å². The Morgan fingerprint density at radius 3 is 2.71 bits per heavy atom. The van der Waals surface area contributed by atoms with E-state index >= 15 is 0 Å². The molecule has 0 saturated carbocycles. The van der Waals surface area contributed by atoms with Gasteiger partial charge in [0.1, 0.15) is 6.04 Å². The van der Waals surface area contributed by atoms with Crippen LogP contribution >= 0.6 is 0 Å². The molecular weight excluding hydrogens is 218 g/mol. The van der Waals surface area contributed by atoms with Crippen LogP contribution in [-0.4, -0.2) is 36.3 Å². The van der Waals surface area contributed by atoms with E-state index in [2.05, 4.69) is 5.32 Å². The lowest BCUT2D eigenvalue weighted by molar-refractivity contribution is -0.139. The second-order valence-electron chi connectivity index (χ2n) is 4.00. The van der Waals surface area contributed by atoms with Gasteiger partial charge in [0.25, 0.3) is 0 Å². The van der Waals surface area contributed by atoms with E-state index in [0.29, 0.717) is 13.1 Å². The fourth-order valence-corrected chi connectivity index (χ4v) is 1.83. The minimum absolute atomic E-state index is 0.0966. The Kier molecular flexibility index (Phi) is 3.39.